The number of amides is 1. The highest BCUT2D eigenvalue weighted by molar-refractivity contribution is 5.81. The van der Waals surface area contributed by atoms with Crippen LogP contribution < -0.4 is 14.5 Å². The van der Waals surface area contributed by atoms with Gasteiger partial charge in [-0.15, -0.1) is 0 Å². The Hall–Kier alpha value is -2.69. The molecule has 27 heavy (non-hydrogen) atoms. The number of nitrogens with zero attached hydrogens (tertiary/aromatic N) is 3. The molecule has 1 aliphatic heterocycles. The molecule has 2 aromatic carbocycles. The molecule has 1 aliphatic rings. The largest absolute Gasteiger partial charge is 0.497 e. The van der Waals surface area contributed by atoms with Crippen LogP contribution >= 0.6 is 0 Å². The summed E-state index contributed by atoms with van der Waals surface area (Å²) in [6.07, 6.45) is 0.981. The number of rotatable bonds is 6. The summed E-state index contributed by atoms with van der Waals surface area (Å²) >= 11 is 0. The average Bonchev–Trinajstić information content (AvgIpc) is 2.99. The second-order valence-electron chi connectivity index (χ2n) is 6.77. The maximum absolute atomic E-state index is 12.9. The molecule has 0 saturated carbocycles. The molecule has 0 aliphatic carbocycles. The van der Waals surface area contributed by atoms with Crippen LogP contribution in [-0.2, 0) is 4.79 Å². The third-order valence-electron chi connectivity index (χ3n) is 5.12. The molecular formula is C22H29N3O2. The molecule has 1 fully saturated rings. The third kappa shape index (κ3) is 4.94. The van der Waals surface area contributed by atoms with Gasteiger partial charge >= 0.3 is 0 Å². The third-order valence-corrected chi connectivity index (χ3v) is 5.12. The first-order chi connectivity index (χ1) is 13.2. The quantitative estimate of drug-likeness (QED) is 0.785. The maximum Gasteiger partial charge on any atom is 0.242 e. The number of methoxy groups -OCH3 is 1. The van der Waals surface area contributed by atoms with Crippen LogP contribution in [0.25, 0.3) is 0 Å². The Labute approximate surface area is 162 Å². The van der Waals surface area contributed by atoms with E-state index in [4.69, 9.17) is 4.74 Å². The smallest absolute Gasteiger partial charge is 0.242 e. The Bertz CT molecular complexity index is 718. The first kappa shape index (κ1) is 19.1. The molecule has 2 aromatic rings. The van der Waals surface area contributed by atoms with Crippen LogP contribution in [0.1, 0.15) is 13.3 Å². The minimum Gasteiger partial charge on any atom is -0.497 e. The number of hydrogen-bond donors (Lipinski definition) is 0. The first-order valence-corrected chi connectivity index (χ1v) is 9.68. The van der Waals surface area contributed by atoms with Gasteiger partial charge in [-0.05, 0) is 49.7 Å². The molecule has 0 atom stereocenters. The van der Waals surface area contributed by atoms with Gasteiger partial charge in [0, 0.05) is 44.1 Å². The van der Waals surface area contributed by atoms with Gasteiger partial charge in [-0.2, -0.15) is 0 Å². The molecule has 0 unspecified atom stereocenters. The molecule has 0 radical (unpaired) electrons. The predicted octanol–water partition coefficient (Wildman–Crippen LogP) is 3.26. The van der Waals surface area contributed by atoms with E-state index < -0.39 is 0 Å². The zero-order valence-corrected chi connectivity index (χ0v) is 16.3. The highest BCUT2D eigenvalue weighted by Gasteiger charge is 2.21. The van der Waals surface area contributed by atoms with Gasteiger partial charge in [0.2, 0.25) is 5.91 Å². The summed E-state index contributed by atoms with van der Waals surface area (Å²) in [5.41, 5.74) is 2.28. The fraction of sp³-hybridized carbons (Fsp3) is 0.409. The van der Waals surface area contributed by atoms with Crippen LogP contribution in [0.5, 0.6) is 5.75 Å². The number of benzene rings is 2. The van der Waals surface area contributed by atoms with Crippen molar-refractivity contribution in [1.82, 2.24) is 4.90 Å². The summed E-state index contributed by atoms with van der Waals surface area (Å²) in [4.78, 5) is 19.4. The summed E-state index contributed by atoms with van der Waals surface area (Å²) < 4.78 is 5.24. The SMILES string of the molecule is CCN(CC(=O)N1CCCN(c2ccc(OC)cc2)CC1)c1ccccc1. The molecule has 1 amide bonds. The van der Waals surface area contributed by atoms with Crippen molar-refractivity contribution in [2.75, 3.05) is 56.2 Å². The number of hydrogen-bond acceptors (Lipinski definition) is 4. The zero-order chi connectivity index (χ0) is 19.1. The van der Waals surface area contributed by atoms with E-state index in [0.29, 0.717) is 6.54 Å². The number of carbonyl (C=O) groups is 1. The van der Waals surface area contributed by atoms with Crippen molar-refractivity contribution in [3.63, 3.8) is 0 Å². The van der Waals surface area contributed by atoms with Crippen LogP contribution in [0, 0.1) is 0 Å². The predicted molar refractivity (Wildman–Crippen MR) is 111 cm³/mol. The Balaban J connectivity index is 1.58. The van der Waals surface area contributed by atoms with Gasteiger partial charge in [0.05, 0.1) is 13.7 Å². The van der Waals surface area contributed by atoms with E-state index in [0.717, 1.165) is 50.6 Å². The van der Waals surface area contributed by atoms with Crippen LogP contribution in [0.4, 0.5) is 11.4 Å². The molecule has 1 saturated heterocycles. The van der Waals surface area contributed by atoms with Gasteiger partial charge in [0.25, 0.3) is 0 Å². The van der Waals surface area contributed by atoms with Crippen molar-refractivity contribution >= 4 is 17.3 Å². The van der Waals surface area contributed by atoms with Crippen LogP contribution in [0.3, 0.4) is 0 Å². The lowest BCUT2D eigenvalue weighted by Gasteiger charge is -2.27. The van der Waals surface area contributed by atoms with Gasteiger partial charge < -0.3 is 19.4 Å². The van der Waals surface area contributed by atoms with Crippen molar-refractivity contribution in [2.45, 2.75) is 13.3 Å². The Morgan fingerprint density at radius 3 is 2.41 bits per heavy atom. The van der Waals surface area contributed by atoms with Crippen molar-refractivity contribution in [2.24, 2.45) is 0 Å². The first-order valence-electron chi connectivity index (χ1n) is 9.68. The molecule has 1 heterocycles. The number of carbonyl (C=O) groups excluding carboxylic acids is 1. The van der Waals surface area contributed by atoms with E-state index in [1.54, 1.807) is 7.11 Å². The lowest BCUT2D eigenvalue weighted by molar-refractivity contribution is -0.129. The van der Waals surface area contributed by atoms with Crippen LogP contribution in [0.15, 0.2) is 54.6 Å². The molecule has 0 aromatic heterocycles. The molecule has 5 heteroatoms. The zero-order valence-electron chi connectivity index (χ0n) is 16.3. The van der Waals surface area contributed by atoms with Gasteiger partial charge in [-0.1, -0.05) is 18.2 Å². The molecule has 0 spiro atoms. The topological polar surface area (TPSA) is 36.0 Å². The lowest BCUT2D eigenvalue weighted by Crippen LogP contribution is -2.42. The Morgan fingerprint density at radius 2 is 1.74 bits per heavy atom. The van der Waals surface area contributed by atoms with E-state index in [9.17, 15) is 4.79 Å². The number of ether oxygens (including phenoxy) is 1. The number of para-hydroxylation sites is 1. The Morgan fingerprint density at radius 1 is 1.00 bits per heavy atom. The molecule has 5 nitrogen and oxygen atoms in total. The van der Waals surface area contributed by atoms with E-state index in [-0.39, 0.29) is 5.91 Å². The van der Waals surface area contributed by atoms with Crippen LogP contribution in [-0.4, -0.2) is 57.2 Å². The second kappa shape index (κ2) is 9.31. The van der Waals surface area contributed by atoms with Crippen molar-refractivity contribution in [3.8, 4) is 5.75 Å². The monoisotopic (exact) mass is 367 g/mol. The van der Waals surface area contributed by atoms with Gasteiger partial charge in [0.15, 0.2) is 0 Å². The Kier molecular flexibility index (Phi) is 6.58. The number of likely N-dealkylation sites (N-methyl/N-ethyl adjacent to an activating group) is 1. The maximum atomic E-state index is 12.9. The van der Waals surface area contributed by atoms with Gasteiger partial charge in [-0.25, -0.2) is 0 Å². The summed E-state index contributed by atoms with van der Waals surface area (Å²) in [5, 5.41) is 0. The highest BCUT2D eigenvalue weighted by atomic mass is 16.5. The van der Waals surface area contributed by atoms with Gasteiger partial charge in [-0.3, -0.25) is 4.79 Å². The minimum atomic E-state index is 0.206. The normalized spacial score (nSPS) is 14.6. The minimum absolute atomic E-state index is 0.206. The van der Waals surface area contributed by atoms with Crippen molar-refractivity contribution in [3.05, 3.63) is 54.6 Å². The number of anilines is 2. The van der Waals surface area contributed by atoms with Gasteiger partial charge in [0.1, 0.15) is 5.75 Å². The summed E-state index contributed by atoms with van der Waals surface area (Å²) in [5.74, 6) is 1.07. The van der Waals surface area contributed by atoms with E-state index in [2.05, 4.69) is 41.0 Å². The lowest BCUT2D eigenvalue weighted by atomic mass is 10.2. The van der Waals surface area contributed by atoms with E-state index >= 15 is 0 Å². The molecular weight excluding hydrogens is 338 g/mol. The second-order valence-corrected chi connectivity index (χ2v) is 6.77. The summed E-state index contributed by atoms with van der Waals surface area (Å²) in [6, 6.07) is 18.3. The molecule has 0 N–H and O–H groups in total. The fourth-order valence-corrected chi connectivity index (χ4v) is 3.51. The van der Waals surface area contributed by atoms with E-state index in [1.165, 1.54) is 5.69 Å². The van der Waals surface area contributed by atoms with Crippen molar-refractivity contribution < 1.29 is 9.53 Å². The molecule has 3 rings (SSSR count). The summed E-state index contributed by atoms with van der Waals surface area (Å²) in [6.45, 7) is 6.75. The fourth-order valence-electron chi connectivity index (χ4n) is 3.51. The standard InChI is InChI=1S/C22H29N3O2/c1-3-23(19-8-5-4-6-9-19)18-22(26)25-15-7-14-24(16-17-25)20-10-12-21(27-2)13-11-20/h4-6,8-13H,3,7,14-18H2,1-2H3. The average molecular weight is 367 g/mol. The highest BCUT2D eigenvalue weighted by Crippen LogP contribution is 2.21. The molecule has 0 bridgehead atoms. The molecule has 144 valence electrons. The summed E-state index contributed by atoms with van der Waals surface area (Å²) in [7, 11) is 1.68. The van der Waals surface area contributed by atoms with Crippen molar-refractivity contribution in [1.29, 1.82) is 0 Å². The van der Waals surface area contributed by atoms with E-state index in [1.807, 2.05) is 35.2 Å². The van der Waals surface area contributed by atoms with Crippen LogP contribution in [0.2, 0.25) is 0 Å².